The van der Waals surface area contributed by atoms with E-state index >= 15 is 0 Å². The van der Waals surface area contributed by atoms with Gasteiger partial charge in [0.2, 0.25) is 0 Å². The van der Waals surface area contributed by atoms with Crippen molar-refractivity contribution in [1.29, 1.82) is 0 Å². The van der Waals surface area contributed by atoms with Crippen molar-refractivity contribution >= 4 is 0 Å². The van der Waals surface area contributed by atoms with Crippen LogP contribution in [0.15, 0.2) is 42.5 Å². The van der Waals surface area contributed by atoms with Crippen LogP contribution in [-0.4, -0.2) is 36.8 Å². The number of halogens is 1. The number of para-hydroxylation sites is 1. The van der Waals surface area contributed by atoms with Gasteiger partial charge in [0.05, 0.1) is 20.3 Å². The van der Waals surface area contributed by atoms with Crippen LogP contribution >= 0.6 is 0 Å². The van der Waals surface area contributed by atoms with Gasteiger partial charge in [0.25, 0.3) is 0 Å². The number of hydrogen-bond donors (Lipinski definition) is 1. The summed E-state index contributed by atoms with van der Waals surface area (Å²) >= 11 is 0. The van der Waals surface area contributed by atoms with E-state index < -0.39 is 6.10 Å². The largest absolute Gasteiger partial charge is 0.493 e. The van der Waals surface area contributed by atoms with Gasteiger partial charge >= 0.3 is 0 Å². The van der Waals surface area contributed by atoms with Crippen LogP contribution in [0.3, 0.4) is 0 Å². The third kappa shape index (κ3) is 4.30. The Kier molecular flexibility index (Phi) is 5.56. The number of ether oxygens (including phenoxy) is 2. The molecule has 0 aliphatic heterocycles. The number of nitrogens with zero attached hydrogens (tertiary/aromatic N) is 1. The zero-order valence-electron chi connectivity index (χ0n) is 14.6. The fourth-order valence-corrected chi connectivity index (χ4v) is 3.09. The van der Waals surface area contributed by atoms with E-state index in [2.05, 4.69) is 4.90 Å². The maximum Gasteiger partial charge on any atom is 0.165 e. The highest BCUT2D eigenvalue weighted by molar-refractivity contribution is 5.46. The number of benzene rings is 2. The van der Waals surface area contributed by atoms with Crippen molar-refractivity contribution in [3.05, 3.63) is 59.4 Å². The molecule has 0 radical (unpaired) electrons. The van der Waals surface area contributed by atoms with E-state index in [9.17, 15) is 9.50 Å². The Morgan fingerprint density at radius 2 is 1.84 bits per heavy atom. The average molecular weight is 345 g/mol. The van der Waals surface area contributed by atoms with Crippen LogP contribution in [0.5, 0.6) is 11.5 Å². The minimum Gasteiger partial charge on any atom is -0.493 e. The van der Waals surface area contributed by atoms with Crippen LogP contribution in [0.2, 0.25) is 0 Å². The van der Waals surface area contributed by atoms with Crippen LogP contribution in [0.25, 0.3) is 0 Å². The van der Waals surface area contributed by atoms with E-state index in [0.29, 0.717) is 24.9 Å². The lowest BCUT2D eigenvalue weighted by atomic mass is 10.1. The first-order valence-electron chi connectivity index (χ1n) is 8.49. The maximum atomic E-state index is 13.1. The van der Waals surface area contributed by atoms with Crippen LogP contribution < -0.4 is 9.47 Å². The molecule has 0 saturated heterocycles. The third-order valence-electron chi connectivity index (χ3n) is 4.58. The van der Waals surface area contributed by atoms with Gasteiger partial charge in [-0.05, 0) is 36.6 Å². The fourth-order valence-electron chi connectivity index (χ4n) is 3.09. The minimum atomic E-state index is -0.655. The Bertz CT molecular complexity index is 701. The molecular formula is C20H24FNO3. The topological polar surface area (TPSA) is 41.9 Å². The molecule has 0 heterocycles. The standard InChI is InChI=1S/C20H24FNO3/c1-24-19-5-3-4-15(20(19)25-2)12-22(17-10-11-17)13-18(23)14-6-8-16(21)9-7-14/h3-9,17-18,23H,10-13H2,1-2H3. The fraction of sp³-hybridized carbons (Fsp3) is 0.400. The van der Waals surface area contributed by atoms with Gasteiger partial charge in [-0.2, -0.15) is 0 Å². The van der Waals surface area contributed by atoms with E-state index in [1.54, 1.807) is 26.4 Å². The Labute approximate surface area is 147 Å². The van der Waals surface area contributed by atoms with E-state index in [1.165, 1.54) is 12.1 Å². The zero-order chi connectivity index (χ0) is 17.8. The number of aliphatic hydroxyl groups excluding tert-OH is 1. The summed E-state index contributed by atoms with van der Waals surface area (Å²) in [6, 6.07) is 12.3. The zero-order valence-corrected chi connectivity index (χ0v) is 14.6. The summed E-state index contributed by atoms with van der Waals surface area (Å²) in [5, 5.41) is 10.5. The summed E-state index contributed by atoms with van der Waals surface area (Å²) in [5.41, 5.74) is 1.75. The normalized spacial score (nSPS) is 15.2. The number of hydrogen-bond acceptors (Lipinski definition) is 4. The van der Waals surface area contributed by atoms with Gasteiger partial charge in [-0.15, -0.1) is 0 Å². The smallest absolute Gasteiger partial charge is 0.165 e. The van der Waals surface area contributed by atoms with Crippen molar-refractivity contribution in [2.45, 2.75) is 31.5 Å². The molecule has 4 nitrogen and oxygen atoms in total. The van der Waals surface area contributed by atoms with Gasteiger partial charge in [0.1, 0.15) is 5.82 Å². The molecule has 1 fully saturated rings. The summed E-state index contributed by atoms with van der Waals surface area (Å²) in [6.45, 7) is 1.17. The Morgan fingerprint density at radius 3 is 2.44 bits per heavy atom. The Morgan fingerprint density at radius 1 is 1.12 bits per heavy atom. The van der Waals surface area contributed by atoms with Gasteiger partial charge < -0.3 is 14.6 Å². The highest BCUT2D eigenvalue weighted by Gasteiger charge is 2.31. The molecule has 1 saturated carbocycles. The quantitative estimate of drug-likeness (QED) is 0.795. The second-order valence-corrected chi connectivity index (χ2v) is 6.38. The monoisotopic (exact) mass is 345 g/mol. The van der Waals surface area contributed by atoms with E-state index in [1.807, 2.05) is 18.2 Å². The predicted octanol–water partition coefficient (Wildman–Crippen LogP) is 3.54. The van der Waals surface area contributed by atoms with Crippen LogP contribution in [-0.2, 0) is 6.54 Å². The highest BCUT2D eigenvalue weighted by atomic mass is 19.1. The molecule has 1 aliphatic rings. The lowest BCUT2D eigenvalue weighted by molar-refractivity contribution is 0.104. The highest BCUT2D eigenvalue weighted by Crippen LogP contribution is 2.35. The molecule has 1 aliphatic carbocycles. The second kappa shape index (κ2) is 7.85. The number of aliphatic hydroxyl groups is 1. The molecule has 134 valence electrons. The summed E-state index contributed by atoms with van der Waals surface area (Å²) in [6.07, 6.45) is 1.60. The van der Waals surface area contributed by atoms with Crippen molar-refractivity contribution < 1.29 is 19.0 Å². The number of rotatable bonds is 8. The Hall–Kier alpha value is -2.11. The average Bonchev–Trinajstić information content (AvgIpc) is 3.46. The lowest BCUT2D eigenvalue weighted by Gasteiger charge is -2.26. The Balaban J connectivity index is 1.75. The molecule has 0 spiro atoms. The molecule has 1 atom stereocenters. The van der Waals surface area contributed by atoms with Crippen molar-refractivity contribution in [3.63, 3.8) is 0 Å². The van der Waals surface area contributed by atoms with Crippen LogP contribution in [0.4, 0.5) is 4.39 Å². The SMILES string of the molecule is COc1cccc(CN(CC(O)c2ccc(F)cc2)C2CC2)c1OC. The first-order valence-corrected chi connectivity index (χ1v) is 8.49. The van der Waals surface area contributed by atoms with Gasteiger partial charge in [-0.3, -0.25) is 4.90 Å². The van der Waals surface area contributed by atoms with Gasteiger partial charge in [0.15, 0.2) is 11.5 Å². The molecule has 0 amide bonds. The summed E-state index contributed by atoms with van der Waals surface area (Å²) in [7, 11) is 3.26. The van der Waals surface area contributed by atoms with Crippen LogP contribution in [0, 0.1) is 5.82 Å². The van der Waals surface area contributed by atoms with Crippen molar-refractivity contribution in [1.82, 2.24) is 4.90 Å². The van der Waals surface area contributed by atoms with Gasteiger partial charge in [-0.25, -0.2) is 4.39 Å². The molecule has 1 unspecified atom stereocenters. The summed E-state index contributed by atoms with van der Waals surface area (Å²) in [5.74, 6) is 1.14. The molecule has 2 aromatic carbocycles. The summed E-state index contributed by atoms with van der Waals surface area (Å²) in [4.78, 5) is 2.26. The van der Waals surface area contributed by atoms with Gasteiger partial charge in [0, 0.05) is 24.7 Å². The second-order valence-electron chi connectivity index (χ2n) is 6.38. The molecule has 0 aromatic heterocycles. The van der Waals surface area contributed by atoms with Crippen molar-refractivity contribution in [2.24, 2.45) is 0 Å². The molecule has 3 rings (SSSR count). The van der Waals surface area contributed by atoms with Crippen molar-refractivity contribution in [2.75, 3.05) is 20.8 Å². The molecule has 0 bridgehead atoms. The molecular weight excluding hydrogens is 321 g/mol. The molecule has 2 aromatic rings. The molecule has 25 heavy (non-hydrogen) atoms. The molecule has 5 heteroatoms. The predicted molar refractivity (Wildman–Crippen MR) is 94.3 cm³/mol. The lowest BCUT2D eigenvalue weighted by Crippen LogP contribution is -2.30. The third-order valence-corrected chi connectivity index (χ3v) is 4.58. The first-order chi connectivity index (χ1) is 12.1. The first kappa shape index (κ1) is 17.7. The van der Waals surface area contributed by atoms with Gasteiger partial charge in [-0.1, -0.05) is 24.3 Å². The summed E-state index contributed by atoms with van der Waals surface area (Å²) < 4.78 is 24.0. The van der Waals surface area contributed by atoms with Crippen molar-refractivity contribution in [3.8, 4) is 11.5 Å². The van der Waals surface area contributed by atoms with E-state index in [-0.39, 0.29) is 5.82 Å². The number of methoxy groups -OCH3 is 2. The maximum absolute atomic E-state index is 13.1. The van der Waals surface area contributed by atoms with E-state index in [4.69, 9.17) is 9.47 Å². The van der Waals surface area contributed by atoms with E-state index in [0.717, 1.165) is 29.7 Å². The minimum absolute atomic E-state index is 0.295. The molecule has 1 N–H and O–H groups in total. The van der Waals surface area contributed by atoms with Crippen LogP contribution in [0.1, 0.15) is 30.1 Å².